The van der Waals surface area contributed by atoms with Gasteiger partial charge in [0.1, 0.15) is 0 Å². The molecule has 0 bridgehead atoms. The molecule has 96 valence electrons. The smallest absolute Gasteiger partial charge is 0.0897 e. The Morgan fingerprint density at radius 2 is 2.41 bits per heavy atom. The van der Waals surface area contributed by atoms with Gasteiger partial charge in [0.05, 0.1) is 5.01 Å². The molecule has 1 aliphatic rings. The van der Waals surface area contributed by atoms with Crippen LogP contribution >= 0.6 is 11.3 Å². The maximum absolute atomic E-state index is 4.33. The SMILES string of the molecule is CCNC1CCN(Cc2cnc(C)s2)C(C)C1. The summed E-state index contributed by atoms with van der Waals surface area (Å²) in [5.74, 6) is 0. The van der Waals surface area contributed by atoms with Crippen molar-refractivity contribution in [3.8, 4) is 0 Å². The maximum atomic E-state index is 4.33. The van der Waals surface area contributed by atoms with Crippen LogP contribution in [0.5, 0.6) is 0 Å². The second-order valence-corrected chi connectivity index (χ2v) is 6.26. The third-order valence-corrected chi connectivity index (χ3v) is 4.43. The van der Waals surface area contributed by atoms with Crippen LogP contribution in [0, 0.1) is 6.92 Å². The van der Waals surface area contributed by atoms with E-state index in [1.54, 1.807) is 0 Å². The van der Waals surface area contributed by atoms with Crippen LogP contribution in [-0.4, -0.2) is 35.1 Å². The van der Waals surface area contributed by atoms with E-state index in [1.165, 1.54) is 29.3 Å². The van der Waals surface area contributed by atoms with E-state index in [4.69, 9.17) is 0 Å². The van der Waals surface area contributed by atoms with Gasteiger partial charge in [-0.2, -0.15) is 0 Å². The minimum atomic E-state index is 0.676. The highest BCUT2D eigenvalue weighted by atomic mass is 32.1. The molecule has 0 radical (unpaired) electrons. The zero-order valence-electron chi connectivity index (χ0n) is 11.1. The number of thiazole rings is 1. The van der Waals surface area contributed by atoms with Crippen LogP contribution in [0.3, 0.4) is 0 Å². The van der Waals surface area contributed by atoms with E-state index in [1.807, 2.05) is 17.5 Å². The van der Waals surface area contributed by atoms with Gasteiger partial charge in [0.25, 0.3) is 0 Å². The number of rotatable bonds is 4. The van der Waals surface area contributed by atoms with Gasteiger partial charge in [0, 0.05) is 36.2 Å². The van der Waals surface area contributed by atoms with Crippen LogP contribution < -0.4 is 5.32 Å². The maximum Gasteiger partial charge on any atom is 0.0897 e. The lowest BCUT2D eigenvalue weighted by Gasteiger charge is -2.37. The normalized spacial score (nSPS) is 26.3. The Balaban J connectivity index is 1.87. The quantitative estimate of drug-likeness (QED) is 0.893. The predicted molar refractivity (Wildman–Crippen MR) is 73.4 cm³/mol. The van der Waals surface area contributed by atoms with E-state index >= 15 is 0 Å². The lowest BCUT2D eigenvalue weighted by Crippen LogP contribution is -2.46. The Labute approximate surface area is 108 Å². The van der Waals surface area contributed by atoms with E-state index in [0.717, 1.165) is 19.1 Å². The number of piperidine rings is 1. The van der Waals surface area contributed by atoms with Gasteiger partial charge < -0.3 is 5.32 Å². The van der Waals surface area contributed by atoms with E-state index in [9.17, 15) is 0 Å². The van der Waals surface area contributed by atoms with E-state index in [-0.39, 0.29) is 0 Å². The van der Waals surface area contributed by atoms with E-state index in [2.05, 4.69) is 36.0 Å². The second kappa shape index (κ2) is 5.94. The highest BCUT2D eigenvalue weighted by molar-refractivity contribution is 7.11. The summed E-state index contributed by atoms with van der Waals surface area (Å²) in [5.41, 5.74) is 0. The second-order valence-electron chi connectivity index (χ2n) is 4.94. The van der Waals surface area contributed by atoms with Crippen molar-refractivity contribution in [2.45, 2.75) is 52.2 Å². The van der Waals surface area contributed by atoms with Crippen molar-refractivity contribution < 1.29 is 0 Å². The molecule has 4 heteroatoms. The molecule has 0 aromatic carbocycles. The zero-order valence-corrected chi connectivity index (χ0v) is 11.9. The molecule has 0 saturated carbocycles. The average Bonchev–Trinajstić information content (AvgIpc) is 2.69. The number of nitrogens with one attached hydrogen (secondary N) is 1. The molecule has 0 aliphatic carbocycles. The summed E-state index contributed by atoms with van der Waals surface area (Å²) in [7, 11) is 0. The van der Waals surface area contributed by atoms with Crippen LogP contribution in [0.2, 0.25) is 0 Å². The third kappa shape index (κ3) is 3.50. The number of hydrogen-bond acceptors (Lipinski definition) is 4. The first-order chi connectivity index (χ1) is 8.19. The fourth-order valence-electron chi connectivity index (χ4n) is 2.61. The lowest BCUT2D eigenvalue weighted by molar-refractivity contribution is 0.130. The van der Waals surface area contributed by atoms with Gasteiger partial charge in [0.2, 0.25) is 0 Å². The minimum Gasteiger partial charge on any atom is -0.314 e. The predicted octanol–water partition coefficient (Wildman–Crippen LogP) is 2.41. The molecular weight excluding hydrogens is 230 g/mol. The summed E-state index contributed by atoms with van der Waals surface area (Å²) in [6.45, 7) is 9.98. The number of aromatic nitrogens is 1. The zero-order chi connectivity index (χ0) is 12.3. The van der Waals surface area contributed by atoms with Gasteiger partial charge in [-0.25, -0.2) is 4.98 Å². The van der Waals surface area contributed by atoms with Crippen molar-refractivity contribution in [2.75, 3.05) is 13.1 Å². The Bertz CT molecular complexity index is 350. The molecule has 1 aliphatic heterocycles. The molecule has 3 nitrogen and oxygen atoms in total. The first kappa shape index (κ1) is 13.0. The topological polar surface area (TPSA) is 28.2 Å². The molecule has 0 spiro atoms. The Morgan fingerprint density at radius 1 is 1.59 bits per heavy atom. The van der Waals surface area contributed by atoms with Crippen molar-refractivity contribution in [1.82, 2.24) is 15.2 Å². The first-order valence-corrected chi connectivity index (χ1v) is 7.39. The molecule has 2 rings (SSSR count). The Kier molecular flexibility index (Phi) is 4.54. The van der Waals surface area contributed by atoms with Gasteiger partial charge in [-0.05, 0) is 33.2 Å². The molecule has 0 amide bonds. The number of nitrogens with zero attached hydrogens (tertiary/aromatic N) is 2. The van der Waals surface area contributed by atoms with Gasteiger partial charge >= 0.3 is 0 Å². The number of aryl methyl sites for hydroxylation is 1. The lowest BCUT2D eigenvalue weighted by atomic mass is 9.98. The summed E-state index contributed by atoms with van der Waals surface area (Å²) in [6.07, 6.45) is 4.57. The van der Waals surface area contributed by atoms with Crippen LogP contribution in [0.1, 0.15) is 36.6 Å². The molecule has 2 heterocycles. The average molecular weight is 253 g/mol. The molecule has 1 N–H and O–H groups in total. The summed E-state index contributed by atoms with van der Waals surface area (Å²) >= 11 is 1.83. The molecule has 1 fully saturated rings. The third-order valence-electron chi connectivity index (χ3n) is 3.53. The highest BCUT2D eigenvalue weighted by Crippen LogP contribution is 2.22. The van der Waals surface area contributed by atoms with Crippen molar-refractivity contribution in [1.29, 1.82) is 0 Å². The highest BCUT2D eigenvalue weighted by Gasteiger charge is 2.24. The summed E-state index contributed by atoms with van der Waals surface area (Å²) in [6, 6.07) is 1.39. The number of likely N-dealkylation sites (tertiary alicyclic amines) is 1. The fraction of sp³-hybridized carbons (Fsp3) is 0.769. The molecule has 17 heavy (non-hydrogen) atoms. The molecule has 1 saturated heterocycles. The van der Waals surface area contributed by atoms with Gasteiger partial charge in [-0.1, -0.05) is 6.92 Å². The monoisotopic (exact) mass is 253 g/mol. The van der Waals surface area contributed by atoms with E-state index in [0.29, 0.717) is 6.04 Å². The molecule has 2 unspecified atom stereocenters. The Hall–Kier alpha value is -0.450. The summed E-state index contributed by atoms with van der Waals surface area (Å²) < 4.78 is 0. The Morgan fingerprint density at radius 3 is 3.00 bits per heavy atom. The molecular formula is C13H23N3S. The molecule has 2 atom stereocenters. The fourth-order valence-corrected chi connectivity index (χ4v) is 3.43. The summed E-state index contributed by atoms with van der Waals surface area (Å²) in [4.78, 5) is 8.31. The van der Waals surface area contributed by atoms with E-state index < -0.39 is 0 Å². The largest absolute Gasteiger partial charge is 0.314 e. The van der Waals surface area contributed by atoms with Crippen LogP contribution in [0.4, 0.5) is 0 Å². The van der Waals surface area contributed by atoms with Gasteiger partial charge in [-0.3, -0.25) is 4.90 Å². The molecule has 1 aromatic heterocycles. The van der Waals surface area contributed by atoms with Crippen molar-refractivity contribution in [2.24, 2.45) is 0 Å². The number of hydrogen-bond donors (Lipinski definition) is 1. The van der Waals surface area contributed by atoms with Gasteiger partial charge in [0.15, 0.2) is 0 Å². The first-order valence-electron chi connectivity index (χ1n) is 6.57. The van der Waals surface area contributed by atoms with Crippen molar-refractivity contribution in [3.63, 3.8) is 0 Å². The van der Waals surface area contributed by atoms with Crippen molar-refractivity contribution in [3.05, 3.63) is 16.1 Å². The van der Waals surface area contributed by atoms with Crippen molar-refractivity contribution >= 4 is 11.3 Å². The minimum absolute atomic E-state index is 0.676. The van der Waals surface area contributed by atoms with Crippen LogP contribution in [-0.2, 0) is 6.54 Å². The standard InChI is InChI=1S/C13H23N3S/c1-4-14-12-5-6-16(10(2)7-12)9-13-8-15-11(3)17-13/h8,10,12,14H,4-7,9H2,1-3H3. The summed E-state index contributed by atoms with van der Waals surface area (Å²) in [5, 5.41) is 4.74. The van der Waals surface area contributed by atoms with Gasteiger partial charge in [-0.15, -0.1) is 11.3 Å². The van der Waals surface area contributed by atoms with Crippen LogP contribution in [0.15, 0.2) is 6.20 Å². The molecule has 1 aromatic rings. The van der Waals surface area contributed by atoms with Crippen LogP contribution in [0.25, 0.3) is 0 Å².